The van der Waals surface area contributed by atoms with Gasteiger partial charge in [-0.2, -0.15) is 0 Å². The average molecular weight is 331 g/mol. The number of hydrogen-bond acceptors (Lipinski definition) is 2. The zero-order valence-electron chi connectivity index (χ0n) is 13.3. The van der Waals surface area contributed by atoms with E-state index in [1.807, 2.05) is 20.8 Å². The maximum atomic E-state index is 12.5. The molecule has 0 fully saturated rings. The Kier molecular flexibility index (Phi) is 5.40. The van der Waals surface area contributed by atoms with E-state index in [4.69, 9.17) is 11.6 Å². The van der Waals surface area contributed by atoms with E-state index in [1.54, 1.807) is 42.5 Å². The predicted molar refractivity (Wildman–Crippen MR) is 93.2 cm³/mol. The molecular formula is C18H19ClN2O2. The summed E-state index contributed by atoms with van der Waals surface area (Å²) in [5.74, 6) is -0.594. The minimum atomic E-state index is -0.329. The van der Waals surface area contributed by atoms with Gasteiger partial charge in [-0.05, 0) is 56.7 Å². The Morgan fingerprint density at radius 2 is 1.61 bits per heavy atom. The van der Waals surface area contributed by atoms with Gasteiger partial charge in [0.15, 0.2) is 0 Å². The van der Waals surface area contributed by atoms with Crippen molar-refractivity contribution in [1.29, 1.82) is 0 Å². The molecule has 0 bridgehead atoms. The molecule has 2 aromatic rings. The number of carbonyl (C=O) groups is 2. The summed E-state index contributed by atoms with van der Waals surface area (Å²) in [6.07, 6.45) is 0. The average Bonchev–Trinajstić information content (AvgIpc) is 2.49. The quantitative estimate of drug-likeness (QED) is 0.888. The highest BCUT2D eigenvalue weighted by Gasteiger charge is 2.17. The van der Waals surface area contributed by atoms with Crippen molar-refractivity contribution >= 4 is 29.1 Å². The molecule has 0 radical (unpaired) electrons. The van der Waals surface area contributed by atoms with Crippen LogP contribution in [0.3, 0.4) is 0 Å². The molecule has 0 aliphatic rings. The third kappa shape index (κ3) is 4.33. The van der Waals surface area contributed by atoms with Gasteiger partial charge in [0.1, 0.15) is 0 Å². The van der Waals surface area contributed by atoms with Crippen LogP contribution in [0.1, 0.15) is 40.1 Å². The molecule has 0 aromatic heterocycles. The molecule has 2 N–H and O–H groups in total. The fourth-order valence-electron chi connectivity index (χ4n) is 2.18. The largest absolute Gasteiger partial charge is 0.350 e. The number of aryl methyl sites for hydroxylation is 1. The highest BCUT2D eigenvalue weighted by atomic mass is 35.5. The van der Waals surface area contributed by atoms with Crippen molar-refractivity contribution < 1.29 is 9.59 Å². The molecule has 0 aliphatic carbocycles. The highest BCUT2D eigenvalue weighted by molar-refractivity contribution is 6.30. The molecule has 0 heterocycles. The molecule has 2 rings (SSSR count). The maximum absolute atomic E-state index is 12.5. The van der Waals surface area contributed by atoms with Gasteiger partial charge in [0.05, 0.1) is 11.1 Å². The third-order valence-corrected chi connectivity index (χ3v) is 3.51. The second-order valence-electron chi connectivity index (χ2n) is 5.59. The summed E-state index contributed by atoms with van der Waals surface area (Å²) in [5.41, 5.74) is 2.21. The fourth-order valence-corrected chi connectivity index (χ4v) is 2.40. The van der Waals surface area contributed by atoms with Gasteiger partial charge in [-0.15, -0.1) is 0 Å². The summed E-state index contributed by atoms with van der Waals surface area (Å²) in [6.45, 7) is 5.61. The first-order chi connectivity index (χ1) is 10.9. The van der Waals surface area contributed by atoms with Crippen LogP contribution in [0.2, 0.25) is 5.02 Å². The second kappa shape index (κ2) is 7.29. The topological polar surface area (TPSA) is 58.2 Å². The fraction of sp³-hybridized carbons (Fsp3) is 0.222. The molecule has 0 unspecified atom stereocenters. The van der Waals surface area contributed by atoms with Crippen molar-refractivity contribution in [1.82, 2.24) is 5.32 Å². The Bertz CT molecular complexity index is 742. The first kappa shape index (κ1) is 17.0. The van der Waals surface area contributed by atoms with E-state index < -0.39 is 0 Å². The standard InChI is InChI=1S/C18H19ClN2O2/c1-11(2)20-17(22)14-6-4-5-7-15(14)18(23)21-16-9-8-13(19)10-12(16)3/h4-11H,1-3H3,(H,20,22)(H,21,23). The Hall–Kier alpha value is -2.33. The molecular weight excluding hydrogens is 312 g/mol. The smallest absolute Gasteiger partial charge is 0.256 e. The minimum Gasteiger partial charge on any atom is -0.350 e. The molecule has 0 atom stereocenters. The van der Waals surface area contributed by atoms with Crippen molar-refractivity contribution in [2.24, 2.45) is 0 Å². The first-order valence-electron chi connectivity index (χ1n) is 7.36. The van der Waals surface area contributed by atoms with Crippen LogP contribution in [0.5, 0.6) is 0 Å². The van der Waals surface area contributed by atoms with Crippen molar-refractivity contribution in [3.05, 3.63) is 64.2 Å². The minimum absolute atomic E-state index is 0.00266. The van der Waals surface area contributed by atoms with Crippen LogP contribution in [-0.4, -0.2) is 17.9 Å². The van der Waals surface area contributed by atoms with E-state index in [0.717, 1.165) is 5.56 Å². The SMILES string of the molecule is Cc1cc(Cl)ccc1NC(=O)c1ccccc1C(=O)NC(C)C. The number of benzene rings is 2. The van der Waals surface area contributed by atoms with Crippen LogP contribution < -0.4 is 10.6 Å². The van der Waals surface area contributed by atoms with Crippen molar-refractivity contribution in [3.8, 4) is 0 Å². The number of hydrogen-bond donors (Lipinski definition) is 2. The third-order valence-electron chi connectivity index (χ3n) is 3.27. The summed E-state index contributed by atoms with van der Waals surface area (Å²) in [5, 5.41) is 6.23. The van der Waals surface area contributed by atoms with Crippen molar-refractivity contribution in [3.63, 3.8) is 0 Å². The Labute approximate surface area is 140 Å². The summed E-state index contributed by atoms with van der Waals surface area (Å²) in [4.78, 5) is 24.8. The van der Waals surface area contributed by atoms with Crippen LogP contribution in [0.25, 0.3) is 0 Å². The van der Waals surface area contributed by atoms with Crippen LogP contribution in [0.4, 0.5) is 5.69 Å². The van der Waals surface area contributed by atoms with E-state index in [1.165, 1.54) is 0 Å². The van der Waals surface area contributed by atoms with Crippen LogP contribution in [0, 0.1) is 6.92 Å². The van der Waals surface area contributed by atoms with Gasteiger partial charge in [0, 0.05) is 16.8 Å². The maximum Gasteiger partial charge on any atom is 0.256 e. The molecule has 0 spiro atoms. The van der Waals surface area contributed by atoms with E-state index in [0.29, 0.717) is 21.8 Å². The normalized spacial score (nSPS) is 10.5. The Morgan fingerprint density at radius 3 is 2.17 bits per heavy atom. The molecule has 0 saturated heterocycles. The molecule has 23 heavy (non-hydrogen) atoms. The zero-order chi connectivity index (χ0) is 17.0. The second-order valence-corrected chi connectivity index (χ2v) is 6.02. The van der Waals surface area contributed by atoms with Gasteiger partial charge in [-0.1, -0.05) is 23.7 Å². The summed E-state index contributed by atoms with van der Waals surface area (Å²) >= 11 is 5.92. The van der Waals surface area contributed by atoms with E-state index in [-0.39, 0.29) is 17.9 Å². The molecule has 2 aromatic carbocycles. The lowest BCUT2D eigenvalue weighted by molar-refractivity contribution is 0.0931. The molecule has 5 heteroatoms. The first-order valence-corrected chi connectivity index (χ1v) is 7.73. The lowest BCUT2D eigenvalue weighted by atomic mass is 10.1. The van der Waals surface area contributed by atoms with E-state index >= 15 is 0 Å². The number of rotatable bonds is 4. The lowest BCUT2D eigenvalue weighted by Crippen LogP contribution is -2.31. The summed E-state index contributed by atoms with van der Waals surface area (Å²) in [7, 11) is 0. The Morgan fingerprint density at radius 1 is 1.00 bits per heavy atom. The van der Waals surface area contributed by atoms with Crippen LogP contribution >= 0.6 is 11.6 Å². The van der Waals surface area contributed by atoms with Gasteiger partial charge in [-0.25, -0.2) is 0 Å². The number of amides is 2. The molecule has 4 nitrogen and oxygen atoms in total. The Balaban J connectivity index is 2.27. The number of halogens is 1. The van der Waals surface area contributed by atoms with Gasteiger partial charge in [0.25, 0.3) is 11.8 Å². The summed E-state index contributed by atoms with van der Waals surface area (Å²) in [6, 6.07) is 12.0. The van der Waals surface area contributed by atoms with Crippen molar-refractivity contribution in [2.45, 2.75) is 26.8 Å². The molecule has 0 aliphatic heterocycles. The van der Waals surface area contributed by atoms with Crippen LogP contribution in [-0.2, 0) is 0 Å². The lowest BCUT2D eigenvalue weighted by Gasteiger charge is -2.13. The summed E-state index contributed by atoms with van der Waals surface area (Å²) < 4.78 is 0. The van der Waals surface area contributed by atoms with Crippen LogP contribution in [0.15, 0.2) is 42.5 Å². The van der Waals surface area contributed by atoms with E-state index in [2.05, 4.69) is 10.6 Å². The number of nitrogens with one attached hydrogen (secondary N) is 2. The molecule has 2 amide bonds. The number of anilines is 1. The number of carbonyl (C=O) groups excluding carboxylic acids is 2. The van der Waals surface area contributed by atoms with Gasteiger partial charge in [-0.3, -0.25) is 9.59 Å². The monoisotopic (exact) mass is 330 g/mol. The zero-order valence-corrected chi connectivity index (χ0v) is 14.1. The highest BCUT2D eigenvalue weighted by Crippen LogP contribution is 2.21. The van der Waals surface area contributed by atoms with E-state index in [9.17, 15) is 9.59 Å². The van der Waals surface area contributed by atoms with Gasteiger partial charge < -0.3 is 10.6 Å². The van der Waals surface area contributed by atoms with Crippen molar-refractivity contribution in [2.75, 3.05) is 5.32 Å². The predicted octanol–water partition coefficient (Wildman–Crippen LogP) is 4.04. The van der Waals surface area contributed by atoms with Gasteiger partial charge in [0.2, 0.25) is 0 Å². The molecule has 0 saturated carbocycles. The molecule has 120 valence electrons. The van der Waals surface area contributed by atoms with Gasteiger partial charge >= 0.3 is 0 Å².